The van der Waals surface area contributed by atoms with Gasteiger partial charge in [-0.25, -0.2) is 4.79 Å². The van der Waals surface area contributed by atoms with E-state index in [0.717, 1.165) is 0 Å². The van der Waals surface area contributed by atoms with Gasteiger partial charge in [0.05, 0.1) is 18.4 Å². The summed E-state index contributed by atoms with van der Waals surface area (Å²) in [5.41, 5.74) is 0.952. The normalized spacial score (nSPS) is 11.4. The molecule has 1 N–H and O–H groups in total. The summed E-state index contributed by atoms with van der Waals surface area (Å²) in [6, 6.07) is 6.29. The zero-order valence-corrected chi connectivity index (χ0v) is 9.71. The highest BCUT2D eigenvalue weighted by Gasteiger charge is 2.14. The number of nitrogens with one attached hydrogen (secondary N) is 1. The predicted molar refractivity (Wildman–Crippen MR) is 61.3 cm³/mol. The lowest BCUT2D eigenvalue weighted by atomic mass is 10.2. The minimum Gasteiger partial charge on any atom is -0.467 e. The van der Waals surface area contributed by atoms with Crippen molar-refractivity contribution in [1.82, 2.24) is 0 Å². The van der Waals surface area contributed by atoms with Crippen molar-refractivity contribution in [3.63, 3.8) is 0 Å². The smallest absolute Gasteiger partial charge is 0.327 e. The Morgan fingerprint density at radius 3 is 2.88 bits per heavy atom. The molecule has 5 heteroatoms. The molecule has 4 nitrogen and oxygen atoms in total. The molecule has 0 saturated carbocycles. The van der Waals surface area contributed by atoms with E-state index in [4.69, 9.17) is 16.9 Å². The summed E-state index contributed by atoms with van der Waals surface area (Å²) >= 11 is 5.81. The van der Waals surface area contributed by atoms with Crippen LogP contribution in [-0.4, -0.2) is 19.1 Å². The average Bonchev–Trinajstić information content (AvgIpc) is 2.28. The largest absolute Gasteiger partial charge is 0.467 e. The summed E-state index contributed by atoms with van der Waals surface area (Å²) in [7, 11) is 1.31. The number of rotatable bonds is 3. The van der Waals surface area contributed by atoms with Gasteiger partial charge in [-0.15, -0.1) is 0 Å². The van der Waals surface area contributed by atoms with Crippen LogP contribution in [0.5, 0.6) is 0 Å². The molecule has 1 aromatic carbocycles. The van der Waals surface area contributed by atoms with Gasteiger partial charge in [-0.2, -0.15) is 5.26 Å². The summed E-state index contributed by atoms with van der Waals surface area (Å²) < 4.78 is 4.57. The van der Waals surface area contributed by atoms with Crippen molar-refractivity contribution in [2.45, 2.75) is 13.0 Å². The lowest BCUT2D eigenvalue weighted by molar-refractivity contribution is -0.141. The van der Waals surface area contributed by atoms with Crippen LogP contribution in [0, 0.1) is 11.3 Å². The molecule has 0 heterocycles. The van der Waals surface area contributed by atoms with Gasteiger partial charge in [-0.05, 0) is 25.1 Å². The van der Waals surface area contributed by atoms with Crippen molar-refractivity contribution in [3.8, 4) is 6.07 Å². The third-order valence-electron chi connectivity index (χ3n) is 2.03. The fraction of sp³-hybridized carbons (Fsp3) is 0.273. The number of hydrogen-bond donors (Lipinski definition) is 1. The topological polar surface area (TPSA) is 62.1 Å². The van der Waals surface area contributed by atoms with Crippen LogP contribution in [0.4, 0.5) is 5.69 Å². The summed E-state index contributed by atoms with van der Waals surface area (Å²) in [6.45, 7) is 1.65. The minimum absolute atomic E-state index is 0.399. The molecule has 0 aliphatic heterocycles. The second-order valence-corrected chi connectivity index (χ2v) is 3.63. The summed E-state index contributed by atoms with van der Waals surface area (Å²) in [5, 5.41) is 12.2. The van der Waals surface area contributed by atoms with E-state index < -0.39 is 12.0 Å². The Labute approximate surface area is 98.8 Å². The van der Waals surface area contributed by atoms with Crippen LogP contribution in [-0.2, 0) is 9.53 Å². The summed E-state index contributed by atoms with van der Waals surface area (Å²) in [6.07, 6.45) is 0. The minimum atomic E-state index is -0.532. The quantitative estimate of drug-likeness (QED) is 0.820. The Hall–Kier alpha value is -1.73. The Bertz CT molecular complexity index is 440. The first-order valence-corrected chi connectivity index (χ1v) is 5.00. The zero-order chi connectivity index (χ0) is 12.1. The van der Waals surface area contributed by atoms with Crippen LogP contribution in [0.15, 0.2) is 18.2 Å². The number of nitriles is 1. The fourth-order valence-electron chi connectivity index (χ4n) is 1.20. The van der Waals surface area contributed by atoms with Crippen LogP contribution in [0.25, 0.3) is 0 Å². The molecule has 0 aromatic heterocycles. The van der Waals surface area contributed by atoms with Crippen LogP contribution in [0.2, 0.25) is 5.02 Å². The van der Waals surface area contributed by atoms with Crippen molar-refractivity contribution in [3.05, 3.63) is 28.8 Å². The van der Waals surface area contributed by atoms with Gasteiger partial charge in [-0.3, -0.25) is 0 Å². The van der Waals surface area contributed by atoms with Gasteiger partial charge in [0.25, 0.3) is 0 Å². The van der Waals surface area contributed by atoms with Crippen molar-refractivity contribution in [1.29, 1.82) is 5.26 Å². The van der Waals surface area contributed by atoms with Gasteiger partial charge in [0.2, 0.25) is 0 Å². The fourth-order valence-corrected chi connectivity index (χ4v) is 1.37. The van der Waals surface area contributed by atoms with Gasteiger partial charge >= 0.3 is 5.97 Å². The van der Waals surface area contributed by atoms with E-state index >= 15 is 0 Å². The average molecular weight is 239 g/mol. The monoisotopic (exact) mass is 238 g/mol. The number of carbonyl (C=O) groups excluding carboxylic acids is 1. The van der Waals surface area contributed by atoms with Crippen LogP contribution >= 0.6 is 11.6 Å². The zero-order valence-electron chi connectivity index (χ0n) is 8.95. The van der Waals surface area contributed by atoms with E-state index in [-0.39, 0.29) is 0 Å². The molecule has 0 saturated heterocycles. The lowest BCUT2D eigenvalue weighted by Crippen LogP contribution is -2.27. The van der Waals surface area contributed by atoms with Crippen molar-refractivity contribution in [2.24, 2.45) is 0 Å². The standard InChI is InChI=1S/C11H11ClN2O2/c1-7(11(15)16-2)14-10-5-9(12)4-3-8(10)6-13/h3-5,7,14H,1-2H3. The molecule has 0 radical (unpaired) electrons. The number of esters is 1. The van der Waals surface area contributed by atoms with Gasteiger partial charge in [0.15, 0.2) is 0 Å². The van der Waals surface area contributed by atoms with Crippen LogP contribution < -0.4 is 5.32 Å². The van der Waals surface area contributed by atoms with E-state index in [0.29, 0.717) is 16.3 Å². The molecular weight excluding hydrogens is 228 g/mol. The maximum absolute atomic E-state index is 11.2. The molecule has 1 aromatic rings. The van der Waals surface area contributed by atoms with Gasteiger partial charge in [0, 0.05) is 5.02 Å². The van der Waals surface area contributed by atoms with Crippen LogP contribution in [0.3, 0.4) is 0 Å². The summed E-state index contributed by atoms with van der Waals surface area (Å²) in [4.78, 5) is 11.2. The Kier molecular flexibility index (Phi) is 4.15. The highest BCUT2D eigenvalue weighted by atomic mass is 35.5. The second kappa shape index (κ2) is 5.38. The highest BCUT2D eigenvalue weighted by molar-refractivity contribution is 6.30. The predicted octanol–water partition coefficient (Wildman–Crippen LogP) is 2.19. The van der Waals surface area contributed by atoms with Crippen LogP contribution in [0.1, 0.15) is 12.5 Å². The Morgan fingerprint density at radius 2 is 2.31 bits per heavy atom. The van der Waals surface area contributed by atoms with Gasteiger partial charge < -0.3 is 10.1 Å². The van der Waals surface area contributed by atoms with Gasteiger partial charge in [0.1, 0.15) is 12.1 Å². The third kappa shape index (κ3) is 2.88. The molecule has 16 heavy (non-hydrogen) atoms. The molecule has 0 bridgehead atoms. The molecule has 1 atom stereocenters. The second-order valence-electron chi connectivity index (χ2n) is 3.19. The molecule has 0 amide bonds. The number of benzene rings is 1. The first kappa shape index (κ1) is 12.3. The number of carbonyl (C=O) groups is 1. The highest BCUT2D eigenvalue weighted by Crippen LogP contribution is 2.21. The van der Waals surface area contributed by atoms with E-state index in [1.54, 1.807) is 25.1 Å². The maximum Gasteiger partial charge on any atom is 0.327 e. The first-order valence-electron chi connectivity index (χ1n) is 4.62. The first-order chi connectivity index (χ1) is 7.58. The number of halogens is 1. The number of methoxy groups -OCH3 is 1. The molecule has 0 aliphatic carbocycles. The maximum atomic E-state index is 11.2. The number of anilines is 1. The number of ether oxygens (including phenoxy) is 1. The van der Waals surface area contributed by atoms with E-state index in [2.05, 4.69) is 10.1 Å². The molecule has 1 unspecified atom stereocenters. The molecule has 1 rings (SSSR count). The Balaban J connectivity index is 2.92. The number of hydrogen-bond acceptors (Lipinski definition) is 4. The van der Waals surface area contributed by atoms with E-state index in [1.807, 2.05) is 6.07 Å². The molecule has 84 valence electrons. The third-order valence-corrected chi connectivity index (χ3v) is 2.26. The summed E-state index contributed by atoms with van der Waals surface area (Å²) in [5.74, 6) is -0.399. The lowest BCUT2D eigenvalue weighted by Gasteiger charge is -2.14. The SMILES string of the molecule is COC(=O)C(C)Nc1cc(Cl)ccc1C#N. The molecule has 0 aliphatic rings. The van der Waals surface area contributed by atoms with Crippen molar-refractivity contribution >= 4 is 23.3 Å². The molecule has 0 spiro atoms. The van der Waals surface area contributed by atoms with Crippen molar-refractivity contribution < 1.29 is 9.53 Å². The molecule has 0 fully saturated rings. The van der Waals surface area contributed by atoms with Crippen molar-refractivity contribution in [2.75, 3.05) is 12.4 Å². The number of nitrogens with zero attached hydrogens (tertiary/aromatic N) is 1. The Morgan fingerprint density at radius 1 is 1.62 bits per heavy atom. The molecular formula is C11H11ClN2O2. The van der Waals surface area contributed by atoms with E-state index in [1.165, 1.54) is 7.11 Å². The van der Waals surface area contributed by atoms with Gasteiger partial charge in [-0.1, -0.05) is 11.6 Å². The van der Waals surface area contributed by atoms with E-state index in [9.17, 15) is 4.79 Å².